The van der Waals surface area contributed by atoms with E-state index in [9.17, 15) is 4.79 Å². The number of amides is 1. The molecule has 4 rings (SSSR count). The summed E-state index contributed by atoms with van der Waals surface area (Å²) < 4.78 is 10.5. The Morgan fingerprint density at radius 1 is 1.19 bits per heavy atom. The second-order valence-electron chi connectivity index (χ2n) is 6.29. The number of carbonyl (C=O) groups excluding carboxylic acids is 1. The number of benzene rings is 1. The number of rotatable bonds is 5. The Balaban J connectivity index is 1.31. The highest BCUT2D eigenvalue weighted by atomic mass is 32.1. The van der Waals surface area contributed by atoms with E-state index in [2.05, 4.69) is 15.0 Å². The molecule has 1 aromatic carbocycles. The van der Waals surface area contributed by atoms with Gasteiger partial charge in [-0.2, -0.15) is 4.98 Å². The Kier molecular flexibility index (Phi) is 5.17. The third-order valence-corrected chi connectivity index (χ3v) is 5.43. The molecule has 3 aromatic rings. The van der Waals surface area contributed by atoms with Crippen molar-refractivity contribution in [2.45, 2.75) is 6.54 Å². The zero-order valence-corrected chi connectivity index (χ0v) is 15.8. The van der Waals surface area contributed by atoms with Gasteiger partial charge in [-0.05, 0) is 35.7 Å². The summed E-state index contributed by atoms with van der Waals surface area (Å²) in [6, 6.07) is 11.2. The number of nitrogens with zero attached hydrogens (tertiary/aromatic N) is 4. The van der Waals surface area contributed by atoms with E-state index in [0.717, 1.165) is 23.7 Å². The van der Waals surface area contributed by atoms with Crippen LogP contribution < -0.4 is 4.74 Å². The maximum absolute atomic E-state index is 12.6. The van der Waals surface area contributed by atoms with E-state index in [1.54, 1.807) is 30.6 Å². The van der Waals surface area contributed by atoms with E-state index in [-0.39, 0.29) is 5.91 Å². The van der Waals surface area contributed by atoms with Crippen LogP contribution in [0, 0.1) is 0 Å². The molecule has 0 saturated carbocycles. The predicted molar refractivity (Wildman–Crippen MR) is 102 cm³/mol. The van der Waals surface area contributed by atoms with Crippen molar-refractivity contribution >= 4 is 17.2 Å². The van der Waals surface area contributed by atoms with Crippen molar-refractivity contribution in [1.82, 2.24) is 19.9 Å². The molecule has 27 heavy (non-hydrogen) atoms. The van der Waals surface area contributed by atoms with Gasteiger partial charge in [0.05, 0.1) is 18.5 Å². The highest BCUT2D eigenvalue weighted by Crippen LogP contribution is 2.22. The summed E-state index contributed by atoms with van der Waals surface area (Å²) in [7, 11) is 1.61. The van der Waals surface area contributed by atoms with Crippen LogP contribution in [0.5, 0.6) is 5.75 Å². The Hall–Kier alpha value is -2.71. The van der Waals surface area contributed by atoms with Crippen LogP contribution in [-0.2, 0) is 6.54 Å². The van der Waals surface area contributed by atoms with Crippen LogP contribution in [0.1, 0.15) is 16.2 Å². The number of hydrogen-bond acceptors (Lipinski definition) is 7. The highest BCUT2D eigenvalue weighted by molar-refractivity contribution is 7.13. The van der Waals surface area contributed by atoms with Crippen molar-refractivity contribution in [2.24, 2.45) is 0 Å². The molecule has 8 heteroatoms. The number of methoxy groups -OCH3 is 1. The summed E-state index contributed by atoms with van der Waals surface area (Å²) in [5.41, 5.74) is 0.682. The van der Waals surface area contributed by atoms with Crippen molar-refractivity contribution in [3.05, 3.63) is 53.2 Å². The molecule has 1 fully saturated rings. The minimum Gasteiger partial charge on any atom is -0.497 e. The lowest BCUT2D eigenvalue weighted by molar-refractivity contribution is 0.0615. The molecule has 1 amide bonds. The van der Waals surface area contributed by atoms with E-state index in [4.69, 9.17) is 9.26 Å². The molecule has 140 valence electrons. The van der Waals surface area contributed by atoms with Gasteiger partial charge in [0.15, 0.2) is 0 Å². The van der Waals surface area contributed by atoms with E-state index < -0.39 is 0 Å². The fraction of sp³-hybridized carbons (Fsp3) is 0.316. The lowest BCUT2D eigenvalue weighted by Gasteiger charge is -2.34. The molecule has 1 aliphatic rings. The van der Waals surface area contributed by atoms with Crippen LogP contribution in [0.15, 0.2) is 46.3 Å². The van der Waals surface area contributed by atoms with Crippen molar-refractivity contribution < 1.29 is 14.1 Å². The number of hydrogen-bond donors (Lipinski definition) is 0. The van der Waals surface area contributed by atoms with Crippen molar-refractivity contribution in [2.75, 3.05) is 33.3 Å². The molecule has 0 spiro atoms. The monoisotopic (exact) mass is 384 g/mol. The summed E-state index contributed by atoms with van der Waals surface area (Å²) in [5.74, 6) is 2.04. The molecule has 0 aliphatic carbocycles. The summed E-state index contributed by atoms with van der Waals surface area (Å²) in [6.45, 7) is 3.51. The topological polar surface area (TPSA) is 71.7 Å². The van der Waals surface area contributed by atoms with Crippen LogP contribution in [0.3, 0.4) is 0 Å². The molecule has 2 aromatic heterocycles. The summed E-state index contributed by atoms with van der Waals surface area (Å²) >= 11 is 1.59. The Morgan fingerprint density at radius 3 is 2.63 bits per heavy atom. The fourth-order valence-electron chi connectivity index (χ4n) is 3.04. The maximum atomic E-state index is 12.6. The second kappa shape index (κ2) is 7.89. The van der Waals surface area contributed by atoms with Gasteiger partial charge in [-0.1, -0.05) is 11.2 Å². The summed E-state index contributed by atoms with van der Waals surface area (Å²) in [6.07, 6.45) is 0. The quantitative estimate of drug-likeness (QED) is 0.674. The van der Waals surface area contributed by atoms with Gasteiger partial charge in [0.25, 0.3) is 5.91 Å². The maximum Gasteiger partial charge on any atom is 0.253 e. The first kappa shape index (κ1) is 17.7. The Bertz CT molecular complexity index is 884. The molecule has 3 heterocycles. The molecule has 1 aliphatic heterocycles. The zero-order valence-electron chi connectivity index (χ0n) is 15.0. The Labute approximate surface area is 161 Å². The number of carbonyl (C=O) groups is 1. The Morgan fingerprint density at radius 2 is 1.96 bits per heavy atom. The smallest absolute Gasteiger partial charge is 0.253 e. The van der Waals surface area contributed by atoms with Gasteiger partial charge in [-0.25, -0.2) is 0 Å². The molecule has 0 radical (unpaired) electrons. The van der Waals surface area contributed by atoms with Crippen molar-refractivity contribution in [1.29, 1.82) is 0 Å². The molecule has 0 unspecified atom stereocenters. The number of aromatic nitrogens is 2. The largest absolute Gasteiger partial charge is 0.497 e. The normalized spacial score (nSPS) is 15.1. The van der Waals surface area contributed by atoms with Gasteiger partial charge in [-0.3, -0.25) is 9.69 Å². The standard InChI is InChI=1S/C19H20N4O3S/c1-25-15-6-4-14(5-7-15)19(24)23-10-8-22(9-11-23)13-17-20-18(21-26-17)16-3-2-12-27-16/h2-7,12H,8-11,13H2,1H3. The molecular weight excluding hydrogens is 364 g/mol. The average molecular weight is 384 g/mol. The van der Waals surface area contributed by atoms with E-state index in [0.29, 0.717) is 36.9 Å². The first-order valence-corrected chi connectivity index (χ1v) is 9.63. The number of ether oxygens (including phenoxy) is 1. The van der Waals surface area contributed by atoms with Crippen LogP contribution in [0.2, 0.25) is 0 Å². The minimum absolute atomic E-state index is 0.0510. The van der Waals surface area contributed by atoms with Crippen LogP contribution in [-0.4, -0.2) is 59.1 Å². The zero-order chi connectivity index (χ0) is 18.6. The van der Waals surface area contributed by atoms with Crippen LogP contribution in [0.4, 0.5) is 0 Å². The van der Waals surface area contributed by atoms with Gasteiger partial charge in [0.1, 0.15) is 5.75 Å². The van der Waals surface area contributed by atoms with Crippen molar-refractivity contribution in [3.63, 3.8) is 0 Å². The lowest BCUT2D eigenvalue weighted by Crippen LogP contribution is -2.48. The lowest BCUT2D eigenvalue weighted by atomic mass is 10.1. The molecule has 7 nitrogen and oxygen atoms in total. The summed E-state index contributed by atoms with van der Waals surface area (Å²) in [4.78, 5) is 22.2. The molecule has 0 bridgehead atoms. The molecule has 0 atom stereocenters. The van der Waals surface area contributed by atoms with Crippen LogP contribution in [0.25, 0.3) is 10.7 Å². The first-order chi connectivity index (χ1) is 13.2. The first-order valence-electron chi connectivity index (χ1n) is 8.75. The van der Waals surface area contributed by atoms with Crippen molar-refractivity contribution in [3.8, 4) is 16.5 Å². The summed E-state index contributed by atoms with van der Waals surface area (Å²) in [5, 5.41) is 6.03. The third-order valence-electron chi connectivity index (χ3n) is 4.56. The van der Waals surface area contributed by atoms with E-state index in [1.807, 2.05) is 34.5 Å². The van der Waals surface area contributed by atoms with Crippen LogP contribution >= 0.6 is 11.3 Å². The number of thiophene rings is 1. The number of piperazine rings is 1. The van der Waals surface area contributed by atoms with E-state index >= 15 is 0 Å². The van der Waals surface area contributed by atoms with Gasteiger partial charge in [0, 0.05) is 31.7 Å². The molecular formula is C19H20N4O3S. The predicted octanol–water partition coefficient (Wildman–Crippen LogP) is 2.76. The van der Waals surface area contributed by atoms with E-state index in [1.165, 1.54) is 0 Å². The fourth-order valence-corrected chi connectivity index (χ4v) is 3.69. The SMILES string of the molecule is COc1ccc(C(=O)N2CCN(Cc3nc(-c4cccs4)no3)CC2)cc1. The average Bonchev–Trinajstić information content (AvgIpc) is 3.40. The second-order valence-corrected chi connectivity index (χ2v) is 7.23. The van der Waals surface area contributed by atoms with Gasteiger partial charge in [-0.15, -0.1) is 11.3 Å². The van der Waals surface area contributed by atoms with Gasteiger partial charge >= 0.3 is 0 Å². The molecule has 1 saturated heterocycles. The van der Waals surface area contributed by atoms with Gasteiger partial charge < -0.3 is 14.2 Å². The third kappa shape index (κ3) is 4.01. The molecule has 0 N–H and O–H groups in total. The highest BCUT2D eigenvalue weighted by Gasteiger charge is 2.23. The minimum atomic E-state index is 0.0510. The van der Waals surface area contributed by atoms with Gasteiger partial charge in [0.2, 0.25) is 11.7 Å².